The fourth-order valence-corrected chi connectivity index (χ4v) is 0.906. The Morgan fingerprint density at radius 3 is 1.21 bits per heavy atom. The summed E-state index contributed by atoms with van der Waals surface area (Å²) in [6.45, 7) is 0. The Hall–Kier alpha value is 0.187. The molecule has 0 rings (SSSR count). The van der Waals surface area contributed by atoms with Crippen LogP contribution >= 0.6 is 0 Å². The van der Waals surface area contributed by atoms with Crippen molar-refractivity contribution in [2.24, 2.45) is 0 Å². The molecule has 0 amide bonds. The normalized spacial score (nSPS) is 8.29. The summed E-state index contributed by atoms with van der Waals surface area (Å²) in [5.41, 5.74) is 0. The van der Waals surface area contributed by atoms with Gasteiger partial charge in [-0.2, -0.15) is 0 Å². The third-order valence-electron chi connectivity index (χ3n) is 1.53. The summed E-state index contributed by atoms with van der Waals surface area (Å²) in [7, 11) is 0. The molecule has 14 heavy (non-hydrogen) atoms. The quantitative estimate of drug-likeness (QED) is 0.522. The van der Waals surface area contributed by atoms with Crippen LogP contribution in [0.15, 0.2) is 0 Å². The number of rotatable bonds is 7. The average molecular weight is 376 g/mol. The van der Waals surface area contributed by atoms with E-state index in [1.807, 2.05) is 0 Å². The van der Waals surface area contributed by atoms with Crippen molar-refractivity contribution in [1.29, 1.82) is 0 Å². The van der Waals surface area contributed by atoms with Crippen LogP contribution in [0.4, 0.5) is 0 Å². The Labute approximate surface area is 109 Å². The number of aliphatic carboxylic acids is 2. The second kappa shape index (κ2) is 13.2. The number of carbonyl (C=O) groups is 2. The van der Waals surface area contributed by atoms with E-state index >= 15 is 0 Å². The third-order valence-corrected chi connectivity index (χ3v) is 1.53. The summed E-state index contributed by atoms with van der Waals surface area (Å²) in [6, 6.07) is 0. The molecule has 0 aromatic carbocycles. The summed E-state index contributed by atoms with van der Waals surface area (Å²) >= 11 is 0. The van der Waals surface area contributed by atoms with Crippen LogP contribution in [-0.2, 0) is 48.5 Å². The number of hydrogen-bond donors (Lipinski definition) is 2. The van der Waals surface area contributed by atoms with Crippen molar-refractivity contribution in [3.8, 4) is 0 Å². The maximum Gasteiger partial charge on any atom is 0.303 e. The Morgan fingerprint density at radius 2 is 1.00 bits per heavy atom. The van der Waals surface area contributed by atoms with E-state index in [9.17, 15) is 9.59 Å². The van der Waals surface area contributed by atoms with E-state index < -0.39 is 11.9 Å². The van der Waals surface area contributed by atoms with Crippen LogP contribution < -0.4 is 0 Å². The first-order valence-corrected chi connectivity index (χ1v) is 4.06. The molecular weight excluding hydrogens is 362 g/mol. The molecule has 0 saturated carbocycles. The van der Waals surface area contributed by atoms with Crippen LogP contribution in [0.5, 0.6) is 0 Å². The molecule has 0 aliphatic carbocycles. The van der Waals surface area contributed by atoms with E-state index in [4.69, 9.17) is 10.2 Å². The summed E-state index contributed by atoms with van der Waals surface area (Å²) in [4.78, 5) is 20.1. The van der Waals surface area contributed by atoms with Crippen molar-refractivity contribution in [2.45, 2.75) is 38.5 Å². The predicted octanol–water partition coefficient (Wildman–Crippen LogP) is 1.49. The number of unbranched alkanes of at least 4 members (excludes halogenated alkanes) is 3. The van der Waals surface area contributed by atoms with Gasteiger partial charge in [0.15, 0.2) is 0 Å². The largest absolute Gasteiger partial charge is 0.481 e. The molecule has 0 aliphatic rings. The van der Waals surface area contributed by atoms with Crippen LogP contribution in [0, 0.1) is 0 Å². The van der Waals surface area contributed by atoms with Crippen LogP contribution in [0.1, 0.15) is 38.5 Å². The molecule has 0 fully saturated rings. The molecule has 0 atom stereocenters. The minimum atomic E-state index is -0.784. The smallest absolute Gasteiger partial charge is 0.303 e. The summed E-state index contributed by atoms with van der Waals surface area (Å²) < 4.78 is 0. The predicted molar refractivity (Wildman–Crippen MR) is 43.0 cm³/mol. The van der Waals surface area contributed by atoms with E-state index in [1.54, 1.807) is 0 Å². The van der Waals surface area contributed by atoms with Crippen molar-refractivity contribution >= 4 is 11.9 Å². The summed E-state index contributed by atoms with van der Waals surface area (Å²) in [6.07, 6.45) is 3.28. The number of hydrogen-bond acceptors (Lipinski definition) is 2. The van der Waals surface area contributed by atoms with Gasteiger partial charge in [-0.05, 0) is 12.8 Å². The minimum Gasteiger partial charge on any atom is -0.481 e. The van der Waals surface area contributed by atoms with E-state index in [-0.39, 0.29) is 51.8 Å². The Kier molecular flexibility index (Phi) is 18.6. The molecule has 86 valence electrons. The molecule has 4 nitrogen and oxygen atoms in total. The molecule has 0 unspecified atom stereocenters. The molecule has 0 aromatic heterocycles. The van der Waals surface area contributed by atoms with Crippen LogP contribution in [0.2, 0.25) is 0 Å². The number of carboxylic acid groups (broad SMARTS) is 2. The average Bonchev–Trinajstić information content (AvgIpc) is 1.95. The van der Waals surface area contributed by atoms with E-state index in [0.29, 0.717) is 12.8 Å². The molecule has 0 radical (unpaired) electrons. The zero-order valence-electron chi connectivity index (χ0n) is 7.66. The standard InChI is InChI=1S/C8H14O4.2Ru/c9-7(10)5-3-1-2-4-6-8(11)12;;/h1-6H2,(H,9,10)(H,11,12);;. The molecular formula is C8H14O4Ru2. The van der Waals surface area contributed by atoms with Gasteiger partial charge in [0.25, 0.3) is 0 Å². The van der Waals surface area contributed by atoms with Gasteiger partial charge < -0.3 is 10.2 Å². The molecule has 0 saturated heterocycles. The van der Waals surface area contributed by atoms with Crippen molar-refractivity contribution in [1.82, 2.24) is 0 Å². The first-order valence-electron chi connectivity index (χ1n) is 4.06. The molecule has 0 aromatic rings. The van der Waals surface area contributed by atoms with Gasteiger partial charge in [0.2, 0.25) is 0 Å². The number of carboxylic acids is 2. The second-order valence-corrected chi connectivity index (χ2v) is 2.70. The van der Waals surface area contributed by atoms with Gasteiger partial charge in [-0.15, -0.1) is 0 Å². The first-order chi connectivity index (χ1) is 5.63. The van der Waals surface area contributed by atoms with Gasteiger partial charge in [0.05, 0.1) is 0 Å². The van der Waals surface area contributed by atoms with Gasteiger partial charge >= 0.3 is 11.9 Å². The van der Waals surface area contributed by atoms with E-state index in [0.717, 1.165) is 12.8 Å². The molecule has 2 N–H and O–H groups in total. The Balaban J connectivity index is -0.000000605. The van der Waals surface area contributed by atoms with Gasteiger partial charge in [0.1, 0.15) is 0 Å². The minimum absolute atomic E-state index is 0. The van der Waals surface area contributed by atoms with Crippen molar-refractivity contribution in [3.05, 3.63) is 0 Å². The van der Waals surface area contributed by atoms with Crippen LogP contribution in [-0.4, -0.2) is 22.2 Å². The molecule has 0 spiro atoms. The van der Waals surface area contributed by atoms with Gasteiger partial charge in [-0.1, -0.05) is 12.8 Å². The molecule has 0 bridgehead atoms. The monoisotopic (exact) mass is 378 g/mol. The second-order valence-electron chi connectivity index (χ2n) is 2.70. The summed E-state index contributed by atoms with van der Waals surface area (Å²) in [5.74, 6) is -1.57. The fourth-order valence-electron chi connectivity index (χ4n) is 0.906. The Morgan fingerprint density at radius 1 is 0.714 bits per heavy atom. The van der Waals surface area contributed by atoms with Crippen LogP contribution in [0.3, 0.4) is 0 Å². The van der Waals surface area contributed by atoms with Crippen molar-refractivity contribution in [2.75, 3.05) is 0 Å². The van der Waals surface area contributed by atoms with Gasteiger partial charge in [-0.25, -0.2) is 0 Å². The summed E-state index contributed by atoms with van der Waals surface area (Å²) in [5, 5.41) is 16.5. The van der Waals surface area contributed by atoms with Crippen molar-refractivity contribution < 1.29 is 58.8 Å². The fraction of sp³-hybridized carbons (Fsp3) is 0.750. The molecule has 6 heteroatoms. The maximum absolute atomic E-state index is 10.0. The third kappa shape index (κ3) is 18.1. The maximum atomic E-state index is 10.0. The van der Waals surface area contributed by atoms with Crippen molar-refractivity contribution in [3.63, 3.8) is 0 Å². The van der Waals surface area contributed by atoms with Gasteiger partial charge in [-0.3, -0.25) is 9.59 Å². The van der Waals surface area contributed by atoms with Crippen LogP contribution in [0.25, 0.3) is 0 Å². The topological polar surface area (TPSA) is 74.6 Å². The van der Waals surface area contributed by atoms with E-state index in [1.165, 1.54) is 0 Å². The SMILES string of the molecule is O=C(O)CCCCCCC(=O)O.[Ru].[Ru]. The van der Waals surface area contributed by atoms with Gasteiger partial charge in [0, 0.05) is 51.8 Å². The zero-order chi connectivity index (χ0) is 9.40. The zero-order valence-corrected chi connectivity index (χ0v) is 11.1. The Bertz CT molecular complexity index is 143. The molecule has 0 aliphatic heterocycles. The molecule has 0 heterocycles. The first kappa shape index (κ1) is 19.7. The van der Waals surface area contributed by atoms with E-state index in [2.05, 4.69) is 0 Å².